The van der Waals surface area contributed by atoms with Crippen molar-refractivity contribution in [3.8, 4) is 0 Å². The van der Waals surface area contributed by atoms with E-state index < -0.39 is 11.8 Å². The summed E-state index contributed by atoms with van der Waals surface area (Å²) in [6.45, 7) is 2.18. The van der Waals surface area contributed by atoms with Gasteiger partial charge in [0.2, 0.25) is 0 Å². The standard InChI is InChI=1S/C13H15ClFNO3/c14-11-5-9(1-2-12(11)15)7-16-3-4-19-8-10(16)6-13(17)18/h1-2,5,10H,3-4,6-8H2,(H,17,18)/t10-/m0/s1. The molecule has 0 unspecified atom stereocenters. The van der Waals surface area contributed by atoms with Gasteiger partial charge in [0.15, 0.2) is 0 Å². The second-order valence-electron chi connectivity index (χ2n) is 4.55. The number of ether oxygens (including phenoxy) is 1. The topological polar surface area (TPSA) is 49.8 Å². The van der Waals surface area contributed by atoms with Crippen LogP contribution < -0.4 is 0 Å². The minimum absolute atomic E-state index is 0.0366. The Kier molecular flexibility index (Phi) is 4.74. The molecule has 2 rings (SSSR count). The number of carboxylic acid groups (broad SMARTS) is 1. The van der Waals surface area contributed by atoms with E-state index in [1.54, 1.807) is 12.1 Å². The van der Waals surface area contributed by atoms with Crippen molar-refractivity contribution in [3.05, 3.63) is 34.6 Å². The van der Waals surface area contributed by atoms with Crippen molar-refractivity contribution >= 4 is 17.6 Å². The van der Waals surface area contributed by atoms with E-state index in [1.165, 1.54) is 6.07 Å². The van der Waals surface area contributed by atoms with E-state index in [0.29, 0.717) is 26.3 Å². The predicted molar refractivity (Wildman–Crippen MR) is 68.7 cm³/mol. The fourth-order valence-electron chi connectivity index (χ4n) is 2.16. The molecule has 0 radical (unpaired) electrons. The molecule has 1 aliphatic heterocycles. The number of aliphatic carboxylic acids is 1. The highest BCUT2D eigenvalue weighted by molar-refractivity contribution is 6.30. The Labute approximate surface area is 115 Å². The zero-order valence-corrected chi connectivity index (χ0v) is 11.1. The molecule has 0 bridgehead atoms. The van der Waals surface area contributed by atoms with E-state index in [9.17, 15) is 9.18 Å². The van der Waals surface area contributed by atoms with Gasteiger partial charge in [-0.05, 0) is 17.7 Å². The lowest BCUT2D eigenvalue weighted by molar-refractivity contribution is -0.140. The zero-order valence-electron chi connectivity index (χ0n) is 10.3. The van der Waals surface area contributed by atoms with Crippen molar-refractivity contribution in [2.24, 2.45) is 0 Å². The Morgan fingerprint density at radius 2 is 2.37 bits per heavy atom. The maximum absolute atomic E-state index is 13.1. The third kappa shape index (κ3) is 3.89. The summed E-state index contributed by atoms with van der Waals surface area (Å²) in [5.74, 6) is -1.30. The van der Waals surface area contributed by atoms with Gasteiger partial charge in [-0.15, -0.1) is 0 Å². The molecular formula is C13H15ClFNO3. The number of benzene rings is 1. The average Bonchev–Trinajstić information content (AvgIpc) is 2.36. The Morgan fingerprint density at radius 3 is 3.05 bits per heavy atom. The summed E-state index contributed by atoms with van der Waals surface area (Å²) < 4.78 is 18.4. The van der Waals surface area contributed by atoms with Gasteiger partial charge in [-0.3, -0.25) is 9.69 Å². The van der Waals surface area contributed by atoms with E-state index in [4.69, 9.17) is 21.4 Å². The van der Waals surface area contributed by atoms with Gasteiger partial charge in [0.25, 0.3) is 0 Å². The maximum atomic E-state index is 13.1. The summed E-state index contributed by atoms with van der Waals surface area (Å²) in [6.07, 6.45) is 0.0366. The number of hydrogen-bond acceptors (Lipinski definition) is 3. The lowest BCUT2D eigenvalue weighted by atomic mass is 10.1. The van der Waals surface area contributed by atoms with Gasteiger partial charge < -0.3 is 9.84 Å². The molecule has 1 N–H and O–H groups in total. The Bertz CT molecular complexity index is 469. The molecule has 104 valence electrons. The molecule has 0 amide bonds. The van der Waals surface area contributed by atoms with Crippen LogP contribution in [0.3, 0.4) is 0 Å². The molecule has 0 aromatic heterocycles. The number of carbonyl (C=O) groups is 1. The summed E-state index contributed by atoms with van der Waals surface area (Å²) in [5.41, 5.74) is 0.865. The van der Waals surface area contributed by atoms with Crippen LogP contribution >= 0.6 is 11.6 Å². The first-order valence-electron chi connectivity index (χ1n) is 6.04. The first kappa shape index (κ1) is 14.2. The van der Waals surface area contributed by atoms with E-state index in [1.807, 2.05) is 4.90 Å². The molecule has 1 heterocycles. The van der Waals surface area contributed by atoms with Gasteiger partial charge in [0.05, 0.1) is 24.7 Å². The van der Waals surface area contributed by atoms with Crippen molar-refractivity contribution in [1.29, 1.82) is 0 Å². The molecule has 19 heavy (non-hydrogen) atoms. The second kappa shape index (κ2) is 6.32. The molecule has 1 atom stereocenters. The normalized spacial score (nSPS) is 20.4. The number of carboxylic acids is 1. The van der Waals surface area contributed by atoms with Crippen LogP contribution in [0.1, 0.15) is 12.0 Å². The van der Waals surface area contributed by atoms with E-state index in [-0.39, 0.29) is 17.5 Å². The second-order valence-corrected chi connectivity index (χ2v) is 4.95. The summed E-state index contributed by atoms with van der Waals surface area (Å²) in [4.78, 5) is 12.8. The van der Waals surface area contributed by atoms with Crippen molar-refractivity contribution in [2.45, 2.75) is 19.0 Å². The van der Waals surface area contributed by atoms with Crippen LogP contribution in [-0.2, 0) is 16.1 Å². The van der Waals surface area contributed by atoms with Crippen LogP contribution in [-0.4, -0.2) is 41.8 Å². The van der Waals surface area contributed by atoms with Gasteiger partial charge in [0.1, 0.15) is 5.82 Å². The number of morpholine rings is 1. The Balaban J connectivity index is 2.06. The Morgan fingerprint density at radius 1 is 1.58 bits per heavy atom. The van der Waals surface area contributed by atoms with Gasteiger partial charge >= 0.3 is 5.97 Å². The molecule has 1 aromatic carbocycles. The first-order chi connectivity index (χ1) is 9.06. The molecule has 0 saturated carbocycles. The summed E-state index contributed by atoms with van der Waals surface area (Å²) in [5, 5.41) is 8.96. The fraction of sp³-hybridized carbons (Fsp3) is 0.462. The molecule has 6 heteroatoms. The molecule has 1 aromatic rings. The van der Waals surface area contributed by atoms with Crippen molar-refractivity contribution in [2.75, 3.05) is 19.8 Å². The van der Waals surface area contributed by atoms with Gasteiger partial charge in [-0.2, -0.15) is 0 Å². The fourth-order valence-corrected chi connectivity index (χ4v) is 2.36. The number of hydrogen-bond donors (Lipinski definition) is 1. The van der Waals surface area contributed by atoms with E-state index in [2.05, 4.69) is 0 Å². The van der Waals surface area contributed by atoms with Crippen LogP contribution in [0, 0.1) is 5.82 Å². The molecule has 0 spiro atoms. The molecule has 1 saturated heterocycles. The third-order valence-electron chi connectivity index (χ3n) is 3.13. The van der Waals surface area contributed by atoms with Crippen LogP contribution in [0.4, 0.5) is 4.39 Å². The minimum Gasteiger partial charge on any atom is -0.481 e. The van der Waals surface area contributed by atoms with Crippen molar-refractivity contribution < 1.29 is 19.0 Å². The van der Waals surface area contributed by atoms with Crippen molar-refractivity contribution in [1.82, 2.24) is 4.90 Å². The summed E-state index contributed by atoms with van der Waals surface area (Å²) >= 11 is 5.74. The number of halogens is 2. The molecule has 1 fully saturated rings. The zero-order chi connectivity index (χ0) is 13.8. The predicted octanol–water partition coefficient (Wildman–Crippen LogP) is 2.15. The van der Waals surface area contributed by atoms with E-state index >= 15 is 0 Å². The first-order valence-corrected chi connectivity index (χ1v) is 6.41. The lowest BCUT2D eigenvalue weighted by Crippen LogP contribution is -2.45. The highest BCUT2D eigenvalue weighted by atomic mass is 35.5. The van der Waals surface area contributed by atoms with Crippen molar-refractivity contribution in [3.63, 3.8) is 0 Å². The van der Waals surface area contributed by atoms with Crippen LogP contribution in [0.25, 0.3) is 0 Å². The van der Waals surface area contributed by atoms with Crippen LogP contribution in [0.5, 0.6) is 0 Å². The molecule has 4 nitrogen and oxygen atoms in total. The summed E-state index contributed by atoms with van der Waals surface area (Å²) in [7, 11) is 0. The average molecular weight is 288 g/mol. The maximum Gasteiger partial charge on any atom is 0.305 e. The third-order valence-corrected chi connectivity index (χ3v) is 3.42. The smallest absolute Gasteiger partial charge is 0.305 e. The van der Waals surface area contributed by atoms with Crippen LogP contribution in [0.15, 0.2) is 18.2 Å². The molecule has 1 aliphatic rings. The highest BCUT2D eigenvalue weighted by Crippen LogP contribution is 2.20. The number of nitrogens with zero attached hydrogens (tertiary/aromatic N) is 1. The largest absolute Gasteiger partial charge is 0.481 e. The van der Waals surface area contributed by atoms with Gasteiger partial charge in [0, 0.05) is 19.1 Å². The Hall–Kier alpha value is -1.17. The lowest BCUT2D eigenvalue weighted by Gasteiger charge is -2.34. The van der Waals surface area contributed by atoms with Gasteiger partial charge in [-0.25, -0.2) is 4.39 Å². The molecular weight excluding hydrogens is 273 g/mol. The van der Waals surface area contributed by atoms with E-state index in [0.717, 1.165) is 5.56 Å². The monoisotopic (exact) mass is 287 g/mol. The number of rotatable bonds is 4. The highest BCUT2D eigenvalue weighted by Gasteiger charge is 2.25. The van der Waals surface area contributed by atoms with Gasteiger partial charge in [-0.1, -0.05) is 17.7 Å². The quantitative estimate of drug-likeness (QED) is 0.922. The SMILES string of the molecule is O=C(O)C[C@H]1COCCN1Cc1ccc(F)c(Cl)c1. The molecule has 0 aliphatic carbocycles. The van der Waals surface area contributed by atoms with Crippen LogP contribution in [0.2, 0.25) is 5.02 Å². The minimum atomic E-state index is -0.849. The summed E-state index contributed by atoms with van der Waals surface area (Å²) in [6, 6.07) is 4.40.